The van der Waals surface area contributed by atoms with Crippen molar-refractivity contribution in [2.75, 3.05) is 99.0 Å². The van der Waals surface area contributed by atoms with E-state index in [9.17, 15) is 38.4 Å². The minimum absolute atomic E-state index is 0.164. The highest BCUT2D eigenvalue weighted by Gasteiger charge is 2.22. The van der Waals surface area contributed by atoms with E-state index in [0.29, 0.717) is 39.2 Å². The van der Waals surface area contributed by atoms with Gasteiger partial charge < -0.3 is 66.5 Å². The van der Waals surface area contributed by atoms with Crippen molar-refractivity contribution >= 4 is 74.8 Å². The Morgan fingerprint density at radius 3 is 1.07 bits per heavy atom. The van der Waals surface area contributed by atoms with Crippen LogP contribution in [0.25, 0.3) is 44.9 Å². The van der Waals surface area contributed by atoms with E-state index in [0.717, 1.165) is 144 Å². The lowest BCUT2D eigenvalue weighted by Crippen LogP contribution is -2.29. The summed E-state index contributed by atoms with van der Waals surface area (Å²) >= 11 is 0. The van der Waals surface area contributed by atoms with Crippen molar-refractivity contribution in [2.24, 2.45) is 5.92 Å². The zero-order valence-corrected chi connectivity index (χ0v) is 69.2. The van der Waals surface area contributed by atoms with Gasteiger partial charge in [0.2, 0.25) is 0 Å². The Morgan fingerprint density at radius 1 is 0.361 bits per heavy atom. The Morgan fingerprint density at radius 2 is 0.705 bits per heavy atom. The number of amides is 4. The number of aromatic nitrogens is 8. The Labute approximate surface area is 709 Å². The van der Waals surface area contributed by atoms with Crippen LogP contribution in [0.2, 0.25) is 0 Å². The van der Waals surface area contributed by atoms with Gasteiger partial charge in [-0.15, -0.1) is 0 Å². The number of nitrogens with two attached hydrogens (primary N) is 1. The van der Waals surface area contributed by atoms with Crippen LogP contribution in [-0.4, -0.2) is 116 Å². The fourth-order valence-electron chi connectivity index (χ4n) is 16.0. The lowest BCUT2D eigenvalue weighted by atomic mass is 10.0. The molecule has 626 valence electrons. The second-order valence-corrected chi connectivity index (χ2v) is 31.7. The van der Waals surface area contributed by atoms with Crippen molar-refractivity contribution in [3.63, 3.8) is 0 Å². The molecule has 4 aromatic carbocycles. The van der Waals surface area contributed by atoms with Crippen LogP contribution in [0.3, 0.4) is 0 Å². The quantitative estimate of drug-likeness (QED) is 0.0363. The first-order chi connectivity index (χ1) is 59.5. The average Bonchev–Trinajstić information content (AvgIpc) is 0.925. The first-order valence-electron chi connectivity index (χ1n) is 42.6. The molecule has 5 fully saturated rings. The summed E-state index contributed by atoms with van der Waals surface area (Å²) in [4.78, 5) is 138. The number of rotatable bonds is 19. The third kappa shape index (κ3) is 22.8. The number of hydrogen-bond donors (Lipinski definition) is 9. The van der Waals surface area contributed by atoms with Gasteiger partial charge in [-0.25, -0.2) is 0 Å². The van der Waals surface area contributed by atoms with Gasteiger partial charge in [-0.2, -0.15) is 0 Å². The molecule has 12 heterocycles. The number of carbonyl (C=O) groups is 4. The normalized spacial score (nSPS) is 14.6. The van der Waals surface area contributed by atoms with Crippen LogP contribution < -0.4 is 68.8 Å². The number of hydrogen-bond acceptors (Lipinski definition) is 17. The van der Waals surface area contributed by atoms with Gasteiger partial charge in [0.05, 0.1) is 17.1 Å². The highest BCUT2D eigenvalue weighted by atomic mass is 16.2. The van der Waals surface area contributed by atoms with Crippen molar-refractivity contribution in [2.45, 2.75) is 129 Å². The molecule has 1 saturated carbocycles. The number of H-pyrrole nitrogens is 4. The van der Waals surface area contributed by atoms with Gasteiger partial charge in [0.1, 0.15) is 22.7 Å². The van der Waals surface area contributed by atoms with Gasteiger partial charge in [-0.1, -0.05) is 38.7 Å². The highest BCUT2D eigenvalue weighted by Crippen LogP contribution is 2.32. The number of nitrogens with zero attached hydrogens (tertiary/aromatic N) is 8. The minimum atomic E-state index is -0.379. The molecule has 0 unspecified atom stereocenters. The van der Waals surface area contributed by atoms with Crippen LogP contribution in [0.5, 0.6) is 0 Å². The number of anilines is 9. The molecule has 8 aromatic heterocycles. The maximum absolute atomic E-state index is 12.9. The Balaban J connectivity index is 0.000000133. The standard InChI is InChI=1S/C28H32N4O2.C24H26N4O2.C23H24N4O2.C22H23N5O2/c33-27(21-11-13-24(14-12-21)32-15-4-1-5-16-32)31-26-18-22(19-29-28(26)34)25-10-6-9-23(30-25)17-20-7-2-3-8-20;1-2-20-14-18(10-11-25-20)19-15-22(24(30)26-16-19)27-23(29)17-6-8-21(9-7-17)28-12-4-3-5-13-28;1-16-9-10-24-20(13-16)18-14-21(23(29)25-15-18)26-22(28)17-5-7-19(8-6-17)27-11-3-2-4-12-27;23-17-8-9-24-19(13-17)16-12-20(22(29)25-14-16)26-21(28)15-4-6-18(7-5-15)27-10-2-1-3-11-27/h6,9-14,18-20H,1-5,7-8,15-17H2,(H,29,34)(H,31,33);6-11,14-16H,2-5,12-13H2,1H3,(H,26,30)(H,27,29);5-10,13-15H,2-4,11-12H2,1H3,(H,25,29)(H,26,28);4-9,12-14H,1-3,10-11H2,(H2,23,24)(H,25,29)(H,26,28). The minimum Gasteiger partial charge on any atom is -0.399 e. The van der Waals surface area contributed by atoms with Crippen molar-refractivity contribution in [3.8, 4) is 44.9 Å². The molecule has 4 amide bonds. The van der Waals surface area contributed by atoms with Crippen molar-refractivity contribution in [1.82, 2.24) is 39.9 Å². The number of benzene rings is 4. The summed E-state index contributed by atoms with van der Waals surface area (Å²) < 4.78 is 0. The SMILES string of the molecule is CCc1cc(-c2c[nH]c(=O)c(NC(=O)c3ccc(N4CCCCC4)cc3)c2)ccn1.Cc1ccnc(-c2c[nH]c(=O)c(NC(=O)c3ccc(N4CCCCC4)cc3)c2)c1.Nc1ccnc(-c2c[nH]c(=O)c(NC(=O)c3ccc(N4CCCCC4)cc3)c2)c1.O=C(Nc1cc(-c2cccc(CC3CCCC3)n2)c[nH]c1=O)c1ccc(N2CCCCC2)cc1. The lowest BCUT2D eigenvalue weighted by Gasteiger charge is -2.28. The summed E-state index contributed by atoms with van der Waals surface area (Å²) in [5, 5.41) is 11.0. The molecule has 0 spiro atoms. The van der Waals surface area contributed by atoms with E-state index in [-0.39, 0.29) is 68.6 Å². The third-order valence-corrected chi connectivity index (χ3v) is 22.9. The number of aryl methyl sites for hydroxylation is 2. The summed E-state index contributed by atoms with van der Waals surface area (Å²) in [6, 6.07) is 54.0. The van der Waals surface area contributed by atoms with Crippen LogP contribution in [-0.2, 0) is 12.8 Å². The predicted octanol–water partition coefficient (Wildman–Crippen LogP) is 16.9. The van der Waals surface area contributed by atoms with Crippen molar-refractivity contribution in [1.29, 1.82) is 0 Å². The molecule has 12 aromatic rings. The van der Waals surface area contributed by atoms with Gasteiger partial charge in [0.25, 0.3) is 45.9 Å². The molecule has 5 aliphatic rings. The van der Waals surface area contributed by atoms with E-state index >= 15 is 0 Å². The summed E-state index contributed by atoms with van der Waals surface area (Å²) in [5.41, 5.74) is 21.6. The van der Waals surface area contributed by atoms with Crippen molar-refractivity contribution < 1.29 is 19.2 Å². The molecule has 10 N–H and O–H groups in total. The fourth-order valence-corrected chi connectivity index (χ4v) is 16.0. The first-order valence-corrected chi connectivity index (χ1v) is 42.6. The number of nitrogens with one attached hydrogen (secondary N) is 8. The third-order valence-electron chi connectivity index (χ3n) is 22.9. The second-order valence-electron chi connectivity index (χ2n) is 31.7. The molecule has 25 nitrogen and oxygen atoms in total. The number of nitrogen functional groups attached to an aromatic ring is 1. The Bertz CT molecular complexity index is 5670. The first kappa shape index (κ1) is 84.6. The molecule has 0 bridgehead atoms. The monoisotopic (exact) mass is 1640 g/mol. The second kappa shape index (κ2) is 41.2. The predicted molar refractivity (Wildman–Crippen MR) is 487 cm³/mol. The topological polar surface area (TPSA) is 338 Å². The summed E-state index contributed by atoms with van der Waals surface area (Å²) in [6.45, 7) is 12.5. The van der Waals surface area contributed by atoms with E-state index in [1.165, 1.54) is 103 Å². The Hall–Kier alpha value is -13.8. The number of piperidine rings is 4. The molecule has 122 heavy (non-hydrogen) atoms. The molecular formula is C97H105N17O8. The zero-order chi connectivity index (χ0) is 84.7. The number of aromatic amines is 4. The average molecular weight is 1640 g/mol. The van der Waals surface area contributed by atoms with Crippen LogP contribution in [0, 0.1) is 12.8 Å². The highest BCUT2D eigenvalue weighted by molar-refractivity contribution is 6.07. The van der Waals surface area contributed by atoms with E-state index < -0.39 is 0 Å². The smallest absolute Gasteiger partial charge is 0.271 e. The van der Waals surface area contributed by atoms with Crippen LogP contribution in [0.4, 0.5) is 51.2 Å². The van der Waals surface area contributed by atoms with Gasteiger partial charge >= 0.3 is 0 Å². The van der Waals surface area contributed by atoms with Gasteiger partial charge in [0, 0.05) is 180 Å². The fraction of sp³-hybridized carbons (Fsp3) is 0.299. The van der Waals surface area contributed by atoms with E-state index in [2.05, 4.69) is 81.8 Å². The van der Waals surface area contributed by atoms with Crippen LogP contribution in [0.15, 0.2) is 238 Å². The van der Waals surface area contributed by atoms with Crippen LogP contribution >= 0.6 is 0 Å². The molecule has 4 aliphatic heterocycles. The summed E-state index contributed by atoms with van der Waals surface area (Å²) in [7, 11) is 0. The van der Waals surface area contributed by atoms with E-state index in [4.69, 9.17) is 10.7 Å². The molecule has 0 atom stereocenters. The van der Waals surface area contributed by atoms with Gasteiger partial charge in [0.15, 0.2) is 0 Å². The van der Waals surface area contributed by atoms with E-state index in [1.54, 1.807) is 104 Å². The lowest BCUT2D eigenvalue weighted by molar-refractivity contribution is 0.101. The molecule has 0 radical (unpaired) electrons. The van der Waals surface area contributed by atoms with Crippen LogP contribution in [0.1, 0.15) is 168 Å². The number of pyridine rings is 8. The Kier molecular flexibility index (Phi) is 28.6. The zero-order valence-electron chi connectivity index (χ0n) is 69.2. The number of carbonyl (C=O) groups excluding carboxylic acids is 4. The maximum Gasteiger partial charge on any atom is 0.271 e. The largest absolute Gasteiger partial charge is 0.399 e. The molecule has 17 rings (SSSR count). The molecule has 4 saturated heterocycles. The molecule has 25 heteroatoms. The van der Waals surface area contributed by atoms with Gasteiger partial charge in [-0.3, -0.25) is 58.3 Å². The summed E-state index contributed by atoms with van der Waals surface area (Å²) in [5.74, 6) is -0.523. The van der Waals surface area contributed by atoms with Gasteiger partial charge in [-0.05, 0) is 284 Å². The maximum atomic E-state index is 12.9. The summed E-state index contributed by atoms with van der Waals surface area (Å²) in [6.07, 6.45) is 33.3. The van der Waals surface area contributed by atoms with Crippen molar-refractivity contribution in [3.05, 3.63) is 300 Å². The molecular weight excluding hydrogens is 1530 g/mol. The van der Waals surface area contributed by atoms with E-state index in [1.807, 2.05) is 123 Å². The molecule has 1 aliphatic carbocycles.